The first-order valence-corrected chi connectivity index (χ1v) is 17.0. The first-order chi connectivity index (χ1) is 19.7. The van der Waals surface area contributed by atoms with Crippen LogP contribution in [-0.2, 0) is 4.74 Å². The lowest BCUT2D eigenvalue weighted by Crippen LogP contribution is -2.51. The van der Waals surface area contributed by atoms with Crippen LogP contribution in [0.25, 0.3) is 0 Å². The van der Waals surface area contributed by atoms with Crippen LogP contribution >= 0.6 is 0 Å². The van der Waals surface area contributed by atoms with Gasteiger partial charge in [0.15, 0.2) is 0 Å². The number of carbonyl (C=O) groups excluding carboxylic acids is 1. The number of allylic oxidation sites excluding steroid dienone is 5. The summed E-state index contributed by atoms with van der Waals surface area (Å²) in [5, 5.41) is 0. The molecule has 3 saturated carbocycles. The maximum absolute atomic E-state index is 13.1. The monoisotopic (exact) mass is 554 g/mol. The van der Waals surface area contributed by atoms with Crippen LogP contribution in [0.2, 0.25) is 0 Å². The molecule has 0 amide bonds. The van der Waals surface area contributed by atoms with Gasteiger partial charge in [0, 0.05) is 12.3 Å². The number of ether oxygens (including phenoxy) is 1. The molecule has 222 valence electrons. The molecule has 5 aliphatic carbocycles. The maximum Gasteiger partial charge on any atom is 0.338 e. The highest BCUT2D eigenvalue weighted by Gasteiger charge is 2.59. The quantitative estimate of drug-likeness (QED) is 0.236. The van der Waals surface area contributed by atoms with Crippen LogP contribution in [0.3, 0.4) is 0 Å². The molecular weight excluding hydrogens is 500 g/mol. The molecular formula is C39H54O2. The molecule has 1 aromatic rings. The van der Waals surface area contributed by atoms with Gasteiger partial charge in [-0.15, -0.1) is 0 Å². The van der Waals surface area contributed by atoms with E-state index in [0.29, 0.717) is 16.9 Å². The highest BCUT2D eigenvalue weighted by molar-refractivity contribution is 5.89. The van der Waals surface area contributed by atoms with Gasteiger partial charge in [-0.05, 0) is 109 Å². The fourth-order valence-electron chi connectivity index (χ4n) is 10.5. The summed E-state index contributed by atoms with van der Waals surface area (Å²) < 4.78 is 6.14. The van der Waals surface area contributed by atoms with Gasteiger partial charge in [-0.3, -0.25) is 0 Å². The first kappa shape index (κ1) is 29.0. The molecule has 3 fully saturated rings. The Morgan fingerprint density at radius 3 is 2.41 bits per heavy atom. The Bertz CT molecular complexity index is 1170. The Kier molecular flexibility index (Phi) is 8.16. The van der Waals surface area contributed by atoms with E-state index in [1.165, 1.54) is 56.9 Å². The van der Waals surface area contributed by atoms with Crippen LogP contribution in [0.4, 0.5) is 0 Å². The Hall–Kier alpha value is -2.09. The van der Waals surface area contributed by atoms with E-state index in [9.17, 15) is 4.79 Å². The summed E-state index contributed by atoms with van der Waals surface area (Å²) in [7, 11) is 0. The topological polar surface area (TPSA) is 26.3 Å². The van der Waals surface area contributed by atoms with E-state index >= 15 is 0 Å². The SMILES string of the molecule is CC(C)CCC[C@@H](C)[C@H]1CC[C@H]2[C@@H]3CC=C4C[C@@H](OC(=O)c5ccc(C6C=CC=C6)cc5)CC[C@]4(C)[C@H]3CC[C@]12C. The number of benzene rings is 1. The molecule has 0 aliphatic heterocycles. The van der Waals surface area contributed by atoms with Crippen molar-refractivity contribution < 1.29 is 9.53 Å². The van der Waals surface area contributed by atoms with Crippen molar-refractivity contribution in [3.8, 4) is 0 Å². The first-order valence-electron chi connectivity index (χ1n) is 17.0. The second kappa shape index (κ2) is 11.5. The number of hydrogen-bond donors (Lipinski definition) is 0. The largest absolute Gasteiger partial charge is 0.458 e. The van der Waals surface area contributed by atoms with Crippen molar-refractivity contribution in [1.82, 2.24) is 0 Å². The molecule has 41 heavy (non-hydrogen) atoms. The van der Waals surface area contributed by atoms with Crippen LogP contribution in [0.1, 0.15) is 127 Å². The minimum atomic E-state index is -0.162. The zero-order chi connectivity index (χ0) is 28.8. The third kappa shape index (κ3) is 5.43. The molecule has 0 bridgehead atoms. The highest BCUT2D eigenvalue weighted by atomic mass is 16.5. The Balaban J connectivity index is 1.09. The van der Waals surface area contributed by atoms with Crippen molar-refractivity contribution >= 4 is 5.97 Å². The zero-order valence-electron chi connectivity index (χ0n) is 26.4. The smallest absolute Gasteiger partial charge is 0.338 e. The zero-order valence-corrected chi connectivity index (χ0v) is 26.4. The molecule has 0 heterocycles. The van der Waals surface area contributed by atoms with Gasteiger partial charge in [-0.2, -0.15) is 0 Å². The van der Waals surface area contributed by atoms with E-state index in [2.05, 4.69) is 77.1 Å². The second-order valence-electron chi connectivity index (χ2n) is 15.5. The average Bonchev–Trinajstić information content (AvgIpc) is 3.61. The number of carbonyl (C=O) groups is 1. The van der Waals surface area contributed by atoms with E-state index < -0.39 is 0 Å². The van der Waals surface area contributed by atoms with Gasteiger partial charge >= 0.3 is 5.97 Å². The molecule has 5 aliphatic rings. The summed E-state index contributed by atoms with van der Waals surface area (Å²) in [6.45, 7) is 12.6. The van der Waals surface area contributed by atoms with Gasteiger partial charge in [0.25, 0.3) is 0 Å². The van der Waals surface area contributed by atoms with Crippen LogP contribution in [0, 0.1) is 46.3 Å². The van der Waals surface area contributed by atoms with Gasteiger partial charge in [-0.25, -0.2) is 4.79 Å². The van der Waals surface area contributed by atoms with Crippen molar-refractivity contribution in [2.24, 2.45) is 46.3 Å². The summed E-state index contributed by atoms with van der Waals surface area (Å²) in [4.78, 5) is 13.1. The minimum Gasteiger partial charge on any atom is -0.458 e. The van der Waals surface area contributed by atoms with Crippen molar-refractivity contribution in [3.63, 3.8) is 0 Å². The summed E-state index contributed by atoms with van der Waals surface area (Å²) in [5.41, 5.74) is 4.31. The standard InChI is InChI=1S/C39H54O2/c1-26(2)9-8-10-27(3)34-19-20-35-33-18-17-31-25-32(21-23-38(31,4)36(33)22-24-39(34,35)5)41-37(40)30-15-13-29(14-16-30)28-11-6-7-12-28/h6-7,11-17,26-28,32-36H,8-10,18-25H2,1-5H3/t27-,32+,33+,34-,35+,36+,38+,39-/m1/s1. The molecule has 0 saturated heterocycles. The molecule has 6 rings (SSSR count). The van der Waals surface area contributed by atoms with E-state index in [4.69, 9.17) is 4.74 Å². The predicted octanol–water partition coefficient (Wildman–Crippen LogP) is 10.5. The van der Waals surface area contributed by atoms with Crippen LogP contribution in [-0.4, -0.2) is 12.1 Å². The number of esters is 1. The molecule has 2 heteroatoms. The molecule has 0 unspecified atom stereocenters. The van der Waals surface area contributed by atoms with E-state index in [1.54, 1.807) is 5.57 Å². The van der Waals surface area contributed by atoms with Gasteiger partial charge in [-0.1, -0.05) is 102 Å². The maximum atomic E-state index is 13.1. The summed E-state index contributed by atoms with van der Waals surface area (Å²) in [6.07, 6.45) is 25.4. The van der Waals surface area contributed by atoms with Gasteiger partial charge < -0.3 is 4.74 Å². The summed E-state index contributed by atoms with van der Waals surface area (Å²) in [6, 6.07) is 8.02. The van der Waals surface area contributed by atoms with E-state index in [1.807, 2.05) is 12.1 Å². The van der Waals surface area contributed by atoms with E-state index in [-0.39, 0.29) is 17.5 Å². The normalized spacial score (nSPS) is 36.9. The number of hydrogen-bond acceptors (Lipinski definition) is 2. The van der Waals surface area contributed by atoms with Crippen molar-refractivity contribution in [1.29, 1.82) is 0 Å². The summed E-state index contributed by atoms with van der Waals surface area (Å²) >= 11 is 0. The molecule has 0 aromatic heterocycles. The fraction of sp³-hybridized carbons (Fsp3) is 0.667. The Morgan fingerprint density at radius 1 is 0.927 bits per heavy atom. The predicted molar refractivity (Wildman–Crippen MR) is 170 cm³/mol. The van der Waals surface area contributed by atoms with E-state index in [0.717, 1.165) is 54.8 Å². The number of fused-ring (bicyclic) bond motifs is 5. The lowest BCUT2D eigenvalue weighted by Gasteiger charge is -2.58. The Labute approximate surface area is 250 Å². The molecule has 0 spiro atoms. The van der Waals surface area contributed by atoms with Crippen LogP contribution in [0.15, 0.2) is 60.2 Å². The van der Waals surface area contributed by atoms with Crippen LogP contribution in [0.5, 0.6) is 0 Å². The highest BCUT2D eigenvalue weighted by Crippen LogP contribution is 2.67. The third-order valence-corrected chi connectivity index (χ3v) is 12.8. The van der Waals surface area contributed by atoms with Gasteiger partial charge in [0.05, 0.1) is 5.56 Å². The molecule has 8 atom stereocenters. The minimum absolute atomic E-state index is 0.00940. The average molecular weight is 555 g/mol. The van der Waals surface area contributed by atoms with Crippen molar-refractivity contribution in [2.75, 3.05) is 0 Å². The van der Waals surface area contributed by atoms with Crippen molar-refractivity contribution in [2.45, 2.75) is 117 Å². The van der Waals surface area contributed by atoms with Gasteiger partial charge in [0.1, 0.15) is 6.10 Å². The second-order valence-corrected chi connectivity index (χ2v) is 15.5. The van der Waals surface area contributed by atoms with Crippen LogP contribution < -0.4 is 0 Å². The number of rotatable bonds is 8. The molecule has 1 aromatic carbocycles. The third-order valence-electron chi connectivity index (χ3n) is 12.8. The van der Waals surface area contributed by atoms with Gasteiger partial charge in [0.2, 0.25) is 0 Å². The lowest BCUT2D eigenvalue weighted by molar-refractivity contribution is -0.0594. The fourth-order valence-corrected chi connectivity index (χ4v) is 10.5. The summed E-state index contributed by atoms with van der Waals surface area (Å²) in [5.74, 6) is 5.31. The molecule has 0 radical (unpaired) electrons. The van der Waals surface area contributed by atoms with Crippen molar-refractivity contribution in [3.05, 3.63) is 71.3 Å². The Morgan fingerprint density at radius 2 is 1.68 bits per heavy atom. The molecule has 2 nitrogen and oxygen atoms in total. The molecule has 0 N–H and O–H groups in total. The lowest BCUT2D eigenvalue weighted by atomic mass is 9.47.